The number of carbonyl (C=O) groups is 1. The number of primary amides is 1. The Kier molecular flexibility index (Phi) is 4.06. The summed E-state index contributed by atoms with van der Waals surface area (Å²) in [5, 5.41) is 9.47. The molecule has 0 fully saturated rings. The summed E-state index contributed by atoms with van der Waals surface area (Å²) < 4.78 is 40.4. The van der Waals surface area contributed by atoms with Crippen molar-refractivity contribution in [2.24, 2.45) is 5.73 Å². The Labute approximate surface area is 162 Å². The van der Waals surface area contributed by atoms with Gasteiger partial charge in [-0.1, -0.05) is 6.07 Å². The molecule has 0 spiro atoms. The summed E-state index contributed by atoms with van der Waals surface area (Å²) in [6, 6.07) is 5.79. The van der Waals surface area contributed by atoms with Gasteiger partial charge < -0.3 is 15.8 Å². The number of aliphatic hydroxyl groups excluding tert-OH is 1. The number of aromatic amines is 1. The fourth-order valence-corrected chi connectivity index (χ4v) is 3.96. The van der Waals surface area contributed by atoms with Crippen LogP contribution in [0.2, 0.25) is 0 Å². The van der Waals surface area contributed by atoms with E-state index < -0.39 is 29.5 Å². The van der Waals surface area contributed by atoms with Crippen LogP contribution in [0.5, 0.6) is 0 Å². The van der Waals surface area contributed by atoms with Crippen LogP contribution in [0.4, 0.5) is 13.2 Å². The lowest BCUT2D eigenvalue weighted by Crippen LogP contribution is -2.54. The number of aliphatic hydroxyl groups is 1. The normalized spacial score (nSPS) is 18.4. The van der Waals surface area contributed by atoms with E-state index in [-0.39, 0.29) is 23.1 Å². The van der Waals surface area contributed by atoms with Crippen molar-refractivity contribution in [2.75, 3.05) is 6.61 Å². The van der Waals surface area contributed by atoms with E-state index in [0.717, 1.165) is 0 Å². The minimum Gasteiger partial charge on any atom is -0.395 e. The highest BCUT2D eigenvalue weighted by Gasteiger charge is 2.61. The number of fused-ring (bicyclic) bond motifs is 2. The van der Waals surface area contributed by atoms with Crippen LogP contribution in [-0.4, -0.2) is 33.8 Å². The second kappa shape index (κ2) is 6.15. The molecular formula is C20H16F3N3O3. The molecule has 29 heavy (non-hydrogen) atoms. The van der Waals surface area contributed by atoms with E-state index in [2.05, 4.69) is 9.97 Å². The Morgan fingerprint density at radius 1 is 1.34 bits per heavy atom. The molecule has 1 aliphatic carbocycles. The van der Waals surface area contributed by atoms with Crippen molar-refractivity contribution in [3.8, 4) is 11.3 Å². The van der Waals surface area contributed by atoms with Crippen LogP contribution in [0.1, 0.15) is 27.2 Å². The van der Waals surface area contributed by atoms with Gasteiger partial charge in [0.05, 0.1) is 17.5 Å². The van der Waals surface area contributed by atoms with E-state index in [1.807, 2.05) is 0 Å². The molecule has 9 heteroatoms. The van der Waals surface area contributed by atoms with Gasteiger partial charge in [-0.3, -0.25) is 14.6 Å². The van der Waals surface area contributed by atoms with Gasteiger partial charge in [0.25, 0.3) is 5.91 Å². The van der Waals surface area contributed by atoms with Crippen molar-refractivity contribution in [1.82, 2.24) is 9.97 Å². The lowest BCUT2D eigenvalue weighted by atomic mass is 9.63. The molecule has 2 heterocycles. The van der Waals surface area contributed by atoms with E-state index in [4.69, 9.17) is 5.73 Å². The maximum absolute atomic E-state index is 13.5. The number of rotatable bonds is 3. The first kappa shape index (κ1) is 19.1. The summed E-state index contributed by atoms with van der Waals surface area (Å²) in [4.78, 5) is 31.0. The number of hydrogen-bond donors (Lipinski definition) is 3. The van der Waals surface area contributed by atoms with E-state index in [0.29, 0.717) is 27.9 Å². The third-order valence-corrected chi connectivity index (χ3v) is 5.54. The number of hydrogen-bond acceptors (Lipinski definition) is 4. The fourth-order valence-electron chi connectivity index (χ4n) is 3.96. The molecule has 2 aromatic heterocycles. The van der Waals surface area contributed by atoms with Crippen molar-refractivity contribution < 1.29 is 23.1 Å². The minimum absolute atomic E-state index is 0.0529. The van der Waals surface area contributed by atoms with Gasteiger partial charge in [-0.25, -0.2) is 0 Å². The van der Waals surface area contributed by atoms with Gasteiger partial charge in [0.1, 0.15) is 11.1 Å². The Balaban J connectivity index is 1.88. The largest absolute Gasteiger partial charge is 0.400 e. The van der Waals surface area contributed by atoms with Crippen LogP contribution in [0.25, 0.3) is 22.2 Å². The van der Waals surface area contributed by atoms with Gasteiger partial charge in [-0.15, -0.1) is 0 Å². The second-order valence-electron chi connectivity index (χ2n) is 7.23. The number of alkyl halides is 3. The van der Waals surface area contributed by atoms with Crippen LogP contribution >= 0.6 is 0 Å². The first-order valence-corrected chi connectivity index (χ1v) is 8.73. The molecule has 1 aliphatic rings. The molecule has 1 atom stereocenters. The number of pyridine rings is 2. The van der Waals surface area contributed by atoms with Gasteiger partial charge in [0.15, 0.2) is 5.43 Å². The predicted molar refractivity (Wildman–Crippen MR) is 99.6 cm³/mol. The average molecular weight is 403 g/mol. The Morgan fingerprint density at radius 3 is 2.69 bits per heavy atom. The number of nitrogens with one attached hydrogen (secondary N) is 1. The number of aromatic nitrogens is 2. The summed E-state index contributed by atoms with van der Waals surface area (Å²) in [6.45, 7) is 0.619. The topological polar surface area (TPSA) is 109 Å². The highest BCUT2D eigenvalue weighted by molar-refractivity contribution is 6.03. The summed E-state index contributed by atoms with van der Waals surface area (Å²) in [5.41, 5.74) is 4.75. The number of H-pyrrole nitrogens is 1. The van der Waals surface area contributed by atoms with E-state index >= 15 is 0 Å². The van der Waals surface area contributed by atoms with Crippen molar-refractivity contribution >= 4 is 16.8 Å². The summed E-state index contributed by atoms with van der Waals surface area (Å²) in [7, 11) is 0. The lowest BCUT2D eigenvalue weighted by Gasteiger charge is -2.44. The van der Waals surface area contributed by atoms with Crippen LogP contribution in [-0.2, 0) is 11.8 Å². The number of benzene rings is 1. The first-order valence-electron chi connectivity index (χ1n) is 8.73. The molecule has 0 bridgehead atoms. The highest BCUT2D eigenvalue weighted by Crippen LogP contribution is 2.52. The number of nitrogens with zero attached hydrogens (tertiary/aromatic N) is 1. The number of amides is 1. The monoisotopic (exact) mass is 403 g/mol. The van der Waals surface area contributed by atoms with Crippen molar-refractivity contribution in [3.63, 3.8) is 0 Å². The number of carbonyl (C=O) groups excluding carboxylic acids is 1. The molecule has 0 saturated heterocycles. The zero-order chi connectivity index (χ0) is 21.1. The van der Waals surface area contributed by atoms with Gasteiger partial charge in [-0.2, -0.15) is 13.2 Å². The maximum Gasteiger partial charge on any atom is 0.400 e. The van der Waals surface area contributed by atoms with Crippen LogP contribution in [0.3, 0.4) is 0 Å². The van der Waals surface area contributed by atoms with Crippen LogP contribution < -0.4 is 11.2 Å². The molecule has 0 unspecified atom stereocenters. The first-order chi connectivity index (χ1) is 13.6. The quantitative estimate of drug-likeness (QED) is 0.624. The van der Waals surface area contributed by atoms with Crippen molar-refractivity contribution in [1.29, 1.82) is 0 Å². The van der Waals surface area contributed by atoms with Gasteiger partial charge in [0.2, 0.25) is 0 Å². The standard InChI is InChI=1S/C20H16F3N3O3/c1-9-4-12-10(7-19(12,8-27)20(21,22)23)5-11(9)14-6-15(28)16-13(26-14)2-3-25-17(16)18(24)29/h2-6,27H,7-8H2,1H3,(H2,24,29)(H,26,28)/t19-/m0/s1. The van der Waals surface area contributed by atoms with Gasteiger partial charge in [0, 0.05) is 23.5 Å². The Morgan fingerprint density at radius 2 is 2.07 bits per heavy atom. The zero-order valence-corrected chi connectivity index (χ0v) is 15.2. The summed E-state index contributed by atoms with van der Waals surface area (Å²) in [6.07, 6.45) is -3.55. The summed E-state index contributed by atoms with van der Waals surface area (Å²) in [5.74, 6) is -0.835. The number of halogens is 3. The van der Waals surface area contributed by atoms with Crippen LogP contribution in [0.15, 0.2) is 35.3 Å². The number of nitrogens with two attached hydrogens (primary N) is 1. The van der Waals surface area contributed by atoms with Gasteiger partial charge in [-0.05, 0) is 42.2 Å². The Bertz CT molecular complexity index is 1230. The smallest absolute Gasteiger partial charge is 0.395 e. The maximum atomic E-state index is 13.5. The van der Waals surface area contributed by atoms with Crippen LogP contribution in [0, 0.1) is 6.92 Å². The molecule has 4 rings (SSSR count). The SMILES string of the molecule is Cc1cc2c(cc1-c1cc(=O)c3c(C(N)=O)nccc3[nH]1)C[C@@]2(CO)C(F)(F)F. The molecule has 0 aliphatic heterocycles. The third kappa shape index (κ3) is 2.65. The molecule has 1 aromatic carbocycles. The fraction of sp³-hybridized carbons (Fsp3) is 0.250. The lowest BCUT2D eigenvalue weighted by molar-refractivity contribution is -0.208. The average Bonchev–Trinajstić information content (AvgIpc) is 2.63. The second-order valence-corrected chi connectivity index (χ2v) is 7.23. The zero-order valence-electron chi connectivity index (χ0n) is 15.2. The number of aryl methyl sites for hydroxylation is 1. The van der Waals surface area contributed by atoms with Gasteiger partial charge >= 0.3 is 6.18 Å². The highest BCUT2D eigenvalue weighted by atomic mass is 19.4. The molecule has 3 aromatic rings. The molecule has 150 valence electrons. The third-order valence-electron chi connectivity index (χ3n) is 5.54. The van der Waals surface area contributed by atoms with E-state index in [9.17, 15) is 27.9 Å². The Hall–Kier alpha value is -3.20. The molecular weight excluding hydrogens is 387 g/mol. The van der Waals surface area contributed by atoms with Crippen molar-refractivity contribution in [2.45, 2.75) is 24.9 Å². The predicted octanol–water partition coefficient (Wildman–Crippen LogP) is 2.35. The molecule has 1 amide bonds. The molecule has 0 radical (unpaired) electrons. The minimum atomic E-state index is -4.56. The molecule has 0 saturated carbocycles. The molecule has 4 N–H and O–H groups in total. The van der Waals surface area contributed by atoms with Crippen molar-refractivity contribution in [3.05, 3.63) is 63.1 Å². The molecule has 6 nitrogen and oxygen atoms in total. The van der Waals surface area contributed by atoms with E-state index in [1.54, 1.807) is 13.0 Å². The van der Waals surface area contributed by atoms with E-state index in [1.165, 1.54) is 24.4 Å². The summed E-state index contributed by atoms with van der Waals surface area (Å²) >= 11 is 0.